The van der Waals surface area contributed by atoms with Gasteiger partial charge in [0.25, 0.3) is 6.47 Å². The lowest BCUT2D eigenvalue weighted by Gasteiger charge is -2.30. The van der Waals surface area contributed by atoms with E-state index >= 15 is 0 Å². The molecule has 2 atom stereocenters. The highest BCUT2D eigenvalue weighted by atomic mass is 16.5. The zero-order chi connectivity index (χ0) is 25.6. The number of ether oxygens (including phenoxy) is 3. The van der Waals surface area contributed by atoms with Gasteiger partial charge in [-0.3, -0.25) is 4.79 Å². The van der Waals surface area contributed by atoms with E-state index in [1.54, 1.807) is 7.11 Å². The topological polar surface area (TPSA) is 93.2 Å². The first-order valence-corrected chi connectivity index (χ1v) is 13.4. The summed E-state index contributed by atoms with van der Waals surface area (Å²) in [4.78, 5) is 15.9. The fourth-order valence-electron chi connectivity index (χ4n) is 5.98. The Kier molecular flexibility index (Phi) is 8.26. The van der Waals surface area contributed by atoms with E-state index in [0.29, 0.717) is 24.9 Å². The van der Waals surface area contributed by atoms with Crippen molar-refractivity contribution in [3.8, 4) is 11.5 Å². The number of nitrogens with zero attached hydrogens (tertiary/aromatic N) is 2. The highest BCUT2D eigenvalue weighted by Crippen LogP contribution is 2.40. The third-order valence-corrected chi connectivity index (χ3v) is 7.68. The predicted octanol–water partition coefficient (Wildman–Crippen LogP) is 5.08. The molecule has 3 aliphatic heterocycles. The van der Waals surface area contributed by atoms with Crippen LogP contribution in [0, 0.1) is 0 Å². The van der Waals surface area contributed by atoms with Gasteiger partial charge in [-0.05, 0) is 70.2 Å². The van der Waals surface area contributed by atoms with Gasteiger partial charge in [-0.1, -0.05) is 18.2 Å². The first-order chi connectivity index (χ1) is 18.2. The number of pyridine rings is 1. The number of nitrogens with one attached hydrogen (secondary N) is 1. The average Bonchev–Trinajstić information content (AvgIpc) is 3.55. The zero-order valence-corrected chi connectivity index (χ0v) is 21.5. The van der Waals surface area contributed by atoms with Crippen molar-refractivity contribution in [2.24, 2.45) is 0 Å². The van der Waals surface area contributed by atoms with Crippen LogP contribution in [0.1, 0.15) is 44.9 Å². The third-order valence-electron chi connectivity index (χ3n) is 7.68. The molecule has 2 bridgehead atoms. The summed E-state index contributed by atoms with van der Waals surface area (Å²) in [6.07, 6.45) is 8.95. The number of likely N-dealkylation sites (tertiary alicyclic amines) is 1. The van der Waals surface area contributed by atoms with Gasteiger partial charge in [0, 0.05) is 29.4 Å². The molecule has 1 aromatic heterocycles. The number of rotatable bonds is 8. The van der Waals surface area contributed by atoms with Gasteiger partial charge in [-0.2, -0.15) is 0 Å². The smallest absolute Gasteiger partial charge is 0.290 e. The van der Waals surface area contributed by atoms with E-state index in [0.717, 1.165) is 64.8 Å². The van der Waals surface area contributed by atoms with Crippen LogP contribution >= 0.6 is 0 Å². The number of methoxy groups -OCH3 is 1. The second-order valence-electron chi connectivity index (χ2n) is 10.2. The quantitative estimate of drug-likeness (QED) is 0.248. The lowest BCUT2D eigenvalue weighted by molar-refractivity contribution is -0.122. The van der Waals surface area contributed by atoms with Crippen LogP contribution < -0.4 is 14.8 Å². The molecule has 8 nitrogen and oxygen atoms in total. The van der Waals surface area contributed by atoms with Gasteiger partial charge >= 0.3 is 0 Å². The Morgan fingerprint density at radius 3 is 2.54 bits per heavy atom. The molecule has 0 radical (unpaired) electrons. The maximum Gasteiger partial charge on any atom is 0.290 e. The number of aromatic nitrogens is 1. The van der Waals surface area contributed by atoms with Crippen molar-refractivity contribution in [3.63, 3.8) is 0 Å². The first kappa shape index (κ1) is 25.5. The number of anilines is 1. The summed E-state index contributed by atoms with van der Waals surface area (Å²) >= 11 is 0. The number of hydrogen-bond donors (Lipinski definition) is 2. The first-order valence-electron chi connectivity index (χ1n) is 13.4. The average molecular weight is 508 g/mol. The van der Waals surface area contributed by atoms with Crippen molar-refractivity contribution in [2.45, 2.75) is 63.2 Å². The van der Waals surface area contributed by atoms with Crippen LogP contribution in [0.15, 0.2) is 36.4 Å². The van der Waals surface area contributed by atoms with Crippen LogP contribution in [0.3, 0.4) is 0 Å². The van der Waals surface area contributed by atoms with Gasteiger partial charge in [0.15, 0.2) is 11.5 Å². The summed E-state index contributed by atoms with van der Waals surface area (Å²) in [5.41, 5.74) is 3.08. The summed E-state index contributed by atoms with van der Waals surface area (Å²) in [5, 5.41) is 13.0. The van der Waals surface area contributed by atoms with Gasteiger partial charge < -0.3 is 29.5 Å². The number of carbonyl (C=O) groups is 1. The van der Waals surface area contributed by atoms with Crippen LogP contribution in [0.2, 0.25) is 0 Å². The molecule has 8 heteroatoms. The zero-order valence-electron chi connectivity index (χ0n) is 21.5. The number of carboxylic acid groups (broad SMARTS) is 1. The molecule has 3 saturated heterocycles. The molecule has 0 aliphatic carbocycles. The molecule has 4 heterocycles. The van der Waals surface area contributed by atoms with Gasteiger partial charge in [0.05, 0.1) is 42.6 Å². The molecule has 0 saturated carbocycles. The van der Waals surface area contributed by atoms with E-state index in [4.69, 9.17) is 29.1 Å². The highest BCUT2D eigenvalue weighted by Gasteiger charge is 2.35. The molecule has 3 aliphatic rings. The van der Waals surface area contributed by atoms with E-state index in [-0.39, 0.29) is 6.47 Å². The van der Waals surface area contributed by atoms with Crippen molar-refractivity contribution in [3.05, 3.63) is 36.4 Å². The Hall–Kier alpha value is -3.10. The van der Waals surface area contributed by atoms with Gasteiger partial charge in [0.1, 0.15) is 0 Å². The van der Waals surface area contributed by atoms with Crippen LogP contribution in [0.4, 0.5) is 5.69 Å². The van der Waals surface area contributed by atoms with Crippen LogP contribution in [-0.4, -0.2) is 73.1 Å². The van der Waals surface area contributed by atoms with Crippen LogP contribution in [0.5, 0.6) is 11.5 Å². The standard InChI is InChI=1S/C28H35N3O3.CH2O2/c1-32-26-17-23-25(18-27(26)33-14-6-13-31-11-4-5-12-31)30-24-8-3-2-7-22(24)28(23)29-19-15-20-9-10-21(16-19)34-20;2-1-3/h2-3,7-8,17-21H,4-6,9-16H2,1H3,(H,29,30);1H,(H,2,3). The molecular weight excluding hydrogens is 470 g/mol. The second kappa shape index (κ2) is 12.0. The Labute approximate surface area is 217 Å². The lowest BCUT2D eigenvalue weighted by Crippen LogP contribution is -2.34. The van der Waals surface area contributed by atoms with E-state index in [1.807, 2.05) is 0 Å². The Morgan fingerprint density at radius 2 is 1.81 bits per heavy atom. The van der Waals surface area contributed by atoms with Crippen molar-refractivity contribution >= 4 is 34.0 Å². The monoisotopic (exact) mass is 507 g/mol. The van der Waals surface area contributed by atoms with Gasteiger partial charge in [-0.15, -0.1) is 0 Å². The van der Waals surface area contributed by atoms with Crippen LogP contribution in [0.25, 0.3) is 21.8 Å². The number of para-hydroxylation sites is 1. The normalized spacial score (nSPS) is 23.0. The molecule has 37 heavy (non-hydrogen) atoms. The highest BCUT2D eigenvalue weighted by molar-refractivity contribution is 6.08. The fraction of sp³-hybridized carbons (Fsp3) is 0.517. The maximum atomic E-state index is 8.36. The predicted molar refractivity (Wildman–Crippen MR) is 145 cm³/mol. The molecule has 2 aromatic carbocycles. The number of hydrogen-bond acceptors (Lipinski definition) is 7. The maximum absolute atomic E-state index is 8.36. The third kappa shape index (κ3) is 5.91. The summed E-state index contributed by atoms with van der Waals surface area (Å²) < 4.78 is 18.1. The molecule has 2 N–H and O–H groups in total. The van der Waals surface area contributed by atoms with E-state index in [2.05, 4.69) is 46.6 Å². The number of benzene rings is 2. The Balaban J connectivity index is 0.000000892. The number of fused-ring (bicyclic) bond motifs is 4. The molecule has 6 rings (SSSR count). The summed E-state index contributed by atoms with van der Waals surface area (Å²) in [6, 6.07) is 13.0. The fourth-order valence-corrected chi connectivity index (χ4v) is 5.98. The summed E-state index contributed by atoms with van der Waals surface area (Å²) in [5.74, 6) is 1.54. The molecule has 3 fully saturated rings. The lowest BCUT2D eigenvalue weighted by atomic mass is 10.0. The molecule has 2 unspecified atom stereocenters. The largest absolute Gasteiger partial charge is 0.493 e. The molecule has 198 valence electrons. The summed E-state index contributed by atoms with van der Waals surface area (Å²) in [7, 11) is 1.72. The van der Waals surface area contributed by atoms with Crippen LogP contribution in [-0.2, 0) is 9.53 Å². The molecule has 0 spiro atoms. The van der Waals surface area contributed by atoms with Crippen molar-refractivity contribution < 1.29 is 24.1 Å². The van der Waals surface area contributed by atoms with Crippen molar-refractivity contribution in [1.29, 1.82) is 0 Å². The van der Waals surface area contributed by atoms with Gasteiger partial charge in [0.2, 0.25) is 0 Å². The Morgan fingerprint density at radius 1 is 1.08 bits per heavy atom. The molecular formula is C29H37N3O5. The van der Waals surface area contributed by atoms with Crippen molar-refractivity contribution in [1.82, 2.24) is 9.88 Å². The minimum atomic E-state index is -0.250. The minimum absolute atomic E-state index is 0.250. The minimum Gasteiger partial charge on any atom is -0.493 e. The SMILES string of the molecule is COc1cc2c(NC3CC4CCC(C3)O4)c3ccccc3nc2cc1OCCCN1CCCC1.O=CO. The Bertz CT molecular complexity index is 1200. The van der Waals surface area contributed by atoms with E-state index < -0.39 is 0 Å². The second-order valence-corrected chi connectivity index (χ2v) is 10.2. The molecule has 0 amide bonds. The summed E-state index contributed by atoms with van der Waals surface area (Å²) in [6.45, 7) is 3.98. The van der Waals surface area contributed by atoms with E-state index in [9.17, 15) is 0 Å². The van der Waals surface area contributed by atoms with Crippen molar-refractivity contribution in [2.75, 3.05) is 38.7 Å². The van der Waals surface area contributed by atoms with Gasteiger partial charge in [-0.25, -0.2) is 4.98 Å². The van der Waals surface area contributed by atoms with E-state index in [1.165, 1.54) is 38.8 Å². The molecule has 3 aromatic rings.